The fourth-order valence-corrected chi connectivity index (χ4v) is 2.39. The van der Waals surface area contributed by atoms with Crippen molar-refractivity contribution in [1.82, 2.24) is 4.57 Å². The Hall–Kier alpha value is -3.63. The lowest BCUT2D eigenvalue weighted by molar-refractivity contribution is -0.153. The van der Waals surface area contributed by atoms with Gasteiger partial charge < -0.3 is 24.5 Å². The van der Waals surface area contributed by atoms with Crippen LogP contribution in [-0.2, 0) is 4.74 Å². The van der Waals surface area contributed by atoms with Gasteiger partial charge in [-0.25, -0.2) is 13.6 Å². The molecule has 32 heavy (non-hydrogen) atoms. The van der Waals surface area contributed by atoms with E-state index in [1.807, 2.05) is 0 Å². The van der Waals surface area contributed by atoms with Crippen molar-refractivity contribution in [1.29, 1.82) is 5.26 Å². The van der Waals surface area contributed by atoms with Crippen molar-refractivity contribution in [3.8, 4) is 23.3 Å². The number of alkyl halides is 7. The van der Waals surface area contributed by atoms with Crippen molar-refractivity contribution < 1.29 is 49.7 Å². The van der Waals surface area contributed by atoms with Crippen LogP contribution in [0.15, 0.2) is 24.4 Å². The van der Waals surface area contributed by atoms with E-state index in [0.29, 0.717) is 0 Å². The van der Waals surface area contributed by atoms with Crippen molar-refractivity contribution in [2.75, 3.05) is 26.1 Å². The Kier molecular flexibility index (Phi) is 7.12. The lowest BCUT2D eigenvalue weighted by atomic mass is 10.2. The number of methoxy groups -OCH3 is 1. The zero-order valence-electron chi connectivity index (χ0n) is 16.1. The number of aromatic nitrogens is 1. The average Bonchev–Trinajstić information content (AvgIpc) is 3.06. The molecule has 0 saturated carbocycles. The van der Waals surface area contributed by atoms with Gasteiger partial charge in [0.2, 0.25) is 0 Å². The molecule has 14 heteroatoms. The molecule has 1 heterocycles. The van der Waals surface area contributed by atoms with Gasteiger partial charge in [-0.05, 0) is 0 Å². The van der Waals surface area contributed by atoms with Crippen LogP contribution < -0.4 is 15.2 Å². The summed E-state index contributed by atoms with van der Waals surface area (Å²) < 4.78 is 103. The van der Waals surface area contributed by atoms with Gasteiger partial charge in [0.05, 0.1) is 24.0 Å². The summed E-state index contributed by atoms with van der Waals surface area (Å²) >= 11 is 0. The highest BCUT2D eigenvalue weighted by Crippen LogP contribution is 2.32. The molecule has 2 N–H and O–H groups in total. The highest BCUT2D eigenvalue weighted by molar-refractivity contribution is 5.96. The second-order valence-electron chi connectivity index (χ2n) is 6.20. The molecule has 0 radical (unpaired) electrons. The van der Waals surface area contributed by atoms with Crippen LogP contribution in [-0.4, -0.2) is 49.4 Å². The van der Waals surface area contributed by atoms with Gasteiger partial charge >= 0.3 is 24.5 Å². The van der Waals surface area contributed by atoms with Gasteiger partial charge in [-0.1, -0.05) is 0 Å². The van der Waals surface area contributed by atoms with Gasteiger partial charge in [0.1, 0.15) is 17.6 Å². The van der Waals surface area contributed by atoms with Crippen molar-refractivity contribution in [2.45, 2.75) is 18.5 Å². The normalized spacial score (nSPS) is 11.9. The molecule has 2 rings (SSSR count). The van der Waals surface area contributed by atoms with Gasteiger partial charge in [0, 0.05) is 24.4 Å². The lowest BCUT2D eigenvalue weighted by Gasteiger charge is -2.18. The van der Waals surface area contributed by atoms with Crippen LogP contribution in [0.3, 0.4) is 0 Å². The fraction of sp³-hybridized carbons (Fsp3) is 0.333. The van der Waals surface area contributed by atoms with Crippen LogP contribution in [0, 0.1) is 11.3 Å². The molecule has 7 nitrogen and oxygen atoms in total. The summed E-state index contributed by atoms with van der Waals surface area (Å²) in [6.45, 7) is -3.57. The Labute approximate surface area is 175 Å². The highest BCUT2D eigenvalue weighted by Gasteiger charge is 2.41. The summed E-state index contributed by atoms with van der Waals surface area (Å²) in [5, 5.41) is 9.14. The van der Waals surface area contributed by atoms with E-state index in [2.05, 4.69) is 14.2 Å². The molecule has 1 aromatic heterocycles. The predicted molar refractivity (Wildman–Crippen MR) is 94.2 cm³/mol. The number of carbonyl (C=O) groups excluding carboxylic acids is 1. The van der Waals surface area contributed by atoms with Gasteiger partial charge in [0.25, 0.3) is 0 Å². The van der Waals surface area contributed by atoms with E-state index in [-0.39, 0.29) is 16.9 Å². The fourth-order valence-electron chi connectivity index (χ4n) is 2.39. The molecule has 0 atom stereocenters. The summed E-state index contributed by atoms with van der Waals surface area (Å²) in [4.78, 5) is 12.1. The highest BCUT2D eigenvalue weighted by atomic mass is 19.4. The Balaban J connectivity index is 2.57. The second-order valence-corrected chi connectivity index (χ2v) is 6.20. The smallest absolute Gasteiger partial charge is 0.422 e. The van der Waals surface area contributed by atoms with Crippen molar-refractivity contribution in [2.24, 2.45) is 0 Å². The number of halogens is 7. The number of nitrogens with zero attached hydrogens (tertiary/aromatic N) is 2. The molecular weight excluding hydrogens is 455 g/mol. The van der Waals surface area contributed by atoms with E-state index in [0.717, 1.165) is 36.1 Å². The van der Waals surface area contributed by atoms with E-state index >= 15 is 0 Å². The molecule has 0 fully saturated rings. The lowest BCUT2D eigenvalue weighted by Crippen LogP contribution is -2.33. The number of hydrogen-bond acceptors (Lipinski definition) is 6. The summed E-state index contributed by atoms with van der Waals surface area (Å²) in [6.07, 6.45) is -7.79. The third-order valence-corrected chi connectivity index (χ3v) is 3.84. The van der Waals surface area contributed by atoms with Crippen LogP contribution >= 0.6 is 0 Å². The molecule has 0 aliphatic heterocycles. The Bertz CT molecular complexity index is 1030. The van der Waals surface area contributed by atoms with Crippen molar-refractivity contribution >= 4 is 11.7 Å². The predicted octanol–water partition coefficient (Wildman–Crippen LogP) is 3.94. The molecule has 0 bridgehead atoms. The molecule has 2 aromatic rings. The van der Waals surface area contributed by atoms with E-state index in [4.69, 9.17) is 11.0 Å². The van der Waals surface area contributed by atoms with E-state index in [9.17, 15) is 35.5 Å². The van der Waals surface area contributed by atoms with Crippen molar-refractivity contribution in [3.63, 3.8) is 0 Å². The first-order chi connectivity index (χ1) is 14.8. The number of nitrogen functional groups attached to an aromatic ring is 1. The number of benzene rings is 1. The quantitative estimate of drug-likeness (QED) is 0.465. The first-order valence-electron chi connectivity index (χ1n) is 8.42. The van der Waals surface area contributed by atoms with E-state index in [1.54, 1.807) is 6.07 Å². The number of hydrogen-bond donors (Lipinski definition) is 1. The standard InChI is InChI=1S/C18H14F7N3O4/c1-30-15(29)14-13(27)9(5-26)6-28(14)10-2-11(31-7-17(21,22)16(19)20)4-12(3-10)32-8-18(23,24)25/h2-4,6,16H,7-8,27H2,1H3. The number of esters is 1. The van der Waals surface area contributed by atoms with Crippen molar-refractivity contribution in [3.05, 3.63) is 35.7 Å². The van der Waals surface area contributed by atoms with Crippen LogP contribution in [0.5, 0.6) is 11.5 Å². The molecular formula is C18H14F7N3O4. The maximum atomic E-state index is 13.2. The monoisotopic (exact) mass is 469 g/mol. The molecule has 0 unspecified atom stereocenters. The van der Waals surface area contributed by atoms with Crippen LogP contribution in [0.4, 0.5) is 36.4 Å². The number of ether oxygens (including phenoxy) is 3. The van der Waals surface area contributed by atoms with Crippen LogP contribution in [0.1, 0.15) is 16.1 Å². The summed E-state index contributed by atoms with van der Waals surface area (Å²) in [7, 11) is 0.995. The number of nitrogens with two attached hydrogens (primary N) is 1. The zero-order valence-corrected chi connectivity index (χ0v) is 16.1. The third kappa shape index (κ3) is 5.74. The first kappa shape index (κ1) is 24.6. The topological polar surface area (TPSA) is 99.5 Å². The Morgan fingerprint density at radius 1 is 1.12 bits per heavy atom. The minimum atomic E-state index is -4.76. The molecule has 0 saturated heterocycles. The molecule has 0 amide bonds. The molecule has 174 valence electrons. The Morgan fingerprint density at radius 2 is 1.69 bits per heavy atom. The summed E-state index contributed by atoms with van der Waals surface area (Å²) in [6, 6.07) is 4.34. The third-order valence-electron chi connectivity index (χ3n) is 3.84. The maximum absolute atomic E-state index is 13.2. The largest absolute Gasteiger partial charge is 0.487 e. The minimum Gasteiger partial charge on any atom is -0.487 e. The SMILES string of the molecule is COC(=O)c1c(N)c(C#N)cn1-c1cc(OCC(F)(F)F)cc(OCC(F)(F)C(F)F)c1. The summed E-state index contributed by atoms with van der Waals surface area (Å²) in [5.41, 5.74) is 4.58. The zero-order chi connectivity index (χ0) is 24.3. The first-order valence-corrected chi connectivity index (χ1v) is 8.42. The maximum Gasteiger partial charge on any atom is 0.422 e. The van der Waals surface area contributed by atoms with Crippen LogP contribution in [0.2, 0.25) is 0 Å². The molecule has 0 aliphatic rings. The van der Waals surface area contributed by atoms with E-state index < -0.39 is 54.9 Å². The van der Waals surface area contributed by atoms with Crippen LogP contribution in [0.25, 0.3) is 5.69 Å². The molecule has 1 aromatic carbocycles. The number of rotatable bonds is 8. The number of anilines is 1. The average molecular weight is 469 g/mol. The van der Waals surface area contributed by atoms with E-state index in [1.165, 1.54) is 0 Å². The van der Waals surface area contributed by atoms with Gasteiger partial charge in [-0.15, -0.1) is 0 Å². The molecule has 0 spiro atoms. The number of nitriles is 1. The van der Waals surface area contributed by atoms with Gasteiger partial charge in [0.15, 0.2) is 18.9 Å². The van der Waals surface area contributed by atoms with Gasteiger partial charge in [-0.2, -0.15) is 27.2 Å². The summed E-state index contributed by atoms with van der Waals surface area (Å²) in [5.74, 6) is -6.72. The molecule has 0 aliphatic carbocycles. The van der Waals surface area contributed by atoms with Gasteiger partial charge in [-0.3, -0.25) is 0 Å². The Morgan fingerprint density at radius 3 is 2.16 bits per heavy atom. The second kappa shape index (κ2) is 9.25. The minimum absolute atomic E-state index is 0.210. The number of carbonyl (C=O) groups is 1.